The van der Waals surface area contributed by atoms with Crippen LogP contribution in [-0.2, 0) is 0 Å². The van der Waals surface area contributed by atoms with E-state index in [-0.39, 0.29) is 11.6 Å². The van der Waals surface area contributed by atoms with Crippen molar-refractivity contribution in [2.75, 3.05) is 0 Å². The topological polar surface area (TPSA) is 34.4 Å². The number of fused-ring (bicyclic) bond motifs is 1. The standard InChI is InChI=1S/C30H20Cl4N2OS/c31-20-13-12-18(25(34)16-20)15-26-29(37)36-28(21-8-2-4-11-24(21)33)22-9-5-7-19(27(22)35-30(36)38-26)14-17-6-1-3-10-23(17)32/h1-4,6,8,10-16,28H,5,7,9H2/b19-14+,26-15+/t28-/m1/s1. The van der Waals surface area contributed by atoms with Crippen molar-refractivity contribution in [1.29, 1.82) is 0 Å². The van der Waals surface area contributed by atoms with Gasteiger partial charge < -0.3 is 0 Å². The second-order valence-electron chi connectivity index (χ2n) is 9.19. The van der Waals surface area contributed by atoms with Gasteiger partial charge in [0.1, 0.15) is 0 Å². The highest BCUT2D eigenvalue weighted by Gasteiger charge is 2.33. The summed E-state index contributed by atoms with van der Waals surface area (Å²) in [5, 5.41) is 2.33. The van der Waals surface area contributed by atoms with Crippen LogP contribution in [0.4, 0.5) is 0 Å². The number of rotatable bonds is 3. The minimum atomic E-state index is -0.354. The predicted octanol–water partition coefficient (Wildman–Crippen LogP) is 8.10. The Morgan fingerprint density at radius 1 is 0.842 bits per heavy atom. The zero-order valence-electron chi connectivity index (χ0n) is 19.9. The molecule has 38 heavy (non-hydrogen) atoms. The molecular formula is C30H20Cl4N2OS. The summed E-state index contributed by atoms with van der Waals surface area (Å²) < 4.78 is 2.32. The lowest BCUT2D eigenvalue weighted by Gasteiger charge is -2.31. The second-order valence-corrected chi connectivity index (χ2v) is 11.9. The maximum atomic E-state index is 13.9. The first-order chi connectivity index (χ1) is 18.4. The Kier molecular flexibility index (Phi) is 7.10. The molecule has 0 spiro atoms. The van der Waals surface area contributed by atoms with Gasteiger partial charge in [-0.2, -0.15) is 0 Å². The predicted molar refractivity (Wildman–Crippen MR) is 159 cm³/mol. The van der Waals surface area contributed by atoms with Crippen LogP contribution >= 0.6 is 57.7 Å². The monoisotopic (exact) mass is 596 g/mol. The molecule has 4 aromatic rings. The van der Waals surface area contributed by atoms with Crippen LogP contribution in [0.3, 0.4) is 0 Å². The summed E-state index contributed by atoms with van der Waals surface area (Å²) in [5.74, 6) is 0. The van der Waals surface area contributed by atoms with E-state index in [1.165, 1.54) is 11.3 Å². The summed E-state index contributed by atoms with van der Waals surface area (Å²) in [6.07, 6.45) is 6.55. The average Bonchev–Trinajstić information content (AvgIpc) is 3.21. The van der Waals surface area contributed by atoms with Gasteiger partial charge in [-0.1, -0.05) is 100 Å². The molecule has 0 radical (unpaired) electrons. The molecule has 0 saturated heterocycles. The number of aromatic nitrogens is 1. The Balaban J connectivity index is 1.61. The number of thiazole rings is 1. The van der Waals surface area contributed by atoms with Crippen LogP contribution < -0.4 is 14.9 Å². The highest BCUT2D eigenvalue weighted by molar-refractivity contribution is 7.07. The molecule has 1 aliphatic heterocycles. The lowest BCUT2D eigenvalue weighted by atomic mass is 9.84. The molecule has 1 atom stereocenters. The van der Waals surface area contributed by atoms with Crippen molar-refractivity contribution in [3.63, 3.8) is 0 Å². The van der Waals surface area contributed by atoms with Crippen LogP contribution in [0.1, 0.15) is 42.0 Å². The quantitative estimate of drug-likeness (QED) is 0.235. The molecule has 3 aromatic carbocycles. The maximum absolute atomic E-state index is 13.9. The molecule has 0 N–H and O–H groups in total. The van der Waals surface area contributed by atoms with E-state index in [0.717, 1.165) is 52.8 Å². The van der Waals surface area contributed by atoms with Crippen molar-refractivity contribution in [3.05, 3.63) is 140 Å². The Bertz CT molecular complexity index is 1830. The summed E-state index contributed by atoms with van der Waals surface area (Å²) in [6, 6.07) is 20.4. The fourth-order valence-electron chi connectivity index (χ4n) is 5.07. The van der Waals surface area contributed by atoms with E-state index in [1.807, 2.05) is 54.6 Å². The third-order valence-corrected chi connectivity index (χ3v) is 9.05. The van der Waals surface area contributed by atoms with Crippen LogP contribution in [-0.4, -0.2) is 4.57 Å². The van der Waals surface area contributed by atoms with Crippen molar-refractivity contribution in [3.8, 4) is 0 Å². The number of halogens is 4. The van der Waals surface area contributed by atoms with Crippen LogP contribution in [0, 0.1) is 0 Å². The molecule has 1 aromatic heterocycles. The smallest absolute Gasteiger partial charge is 0.271 e. The van der Waals surface area contributed by atoms with E-state index >= 15 is 0 Å². The van der Waals surface area contributed by atoms with Gasteiger partial charge in [-0.3, -0.25) is 9.36 Å². The Hall–Kier alpha value is -2.60. The van der Waals surface area contributed by atoms with E-state index in [1.54, 1.807) is 22.8 Å². The Morgan fingerprint density at radius 2 is 1.58 bits per heavy atom. The third kappa shape index (κ3) is 4.70. The highest BCUT2D eigenvalue weighted by atomic mass is 35.5. The molecule has 190 valence electrons. The fraction of sp³-hybridized carbons (Fsp3) is 0.133. The molecule has 2 heterocycles. The molecular weight excluding hydrogens is 578 g/mol. The summed E-state index contributed by atoms with van der Waals surface area (Å²) in [4.78, 5) is 19.6. The van der Waals surface area contributed by atoms with Crippen molar-refractivity contribution in [2.45, 2.75) is 25.3 Å². The molecule has 0 unspecified atom stereocenters. The Morgan fingerprint density at radius 3 is 2.34 bits per heavy atom. The summed E-state index contributed by atoms with van der Waals surface area (Å²) >= 11 is 27.1. The van der Waals surface area contributed by atoms with Crippen molar-refractivity contribution >= 4 is 69.9 Å². The minimum Gasteiger partial charge on any atom is -0.272 e. The first kappa shape index (κ1) is 25.7. The van der Waals surface area contributed by atoms with Gasteiger partial charge in [-0.05, 0) is 83.5 Å². The maximum Gasteiger partial charge on any atom is 0.271 e. The molecule has 1 aliphatic carbocycles. The van der Waals surface area contributed by atoms with Crippen molar-refractivity contribution < 1.29 is 0 Å². The molecule has 0 bridgehead atoms. The minimum absolute atomic E-state index is 0.126. The summed E-state index contributed by atoms with van der Waals surface area (Å²) in [7, 11) is 0. The average molecular weight is 598 g/mol. The number of nitrogens with zero attached hydrogens (tertiary/aromatic N) is 2. The lowest BCUT2D eigenvalue weighted by Crippen LogP contribution is -2.39. The number of hydrogen-bond donors (Lipinski definition) is 0. The van der Waals surface area contributed by atoms with Crippen molar-refractivity contribution in [2.24, 2.45) is 4.99 Å². The van der Waals surface area contributed by atoms with Gasteiger partial charge in [0.15, 0.2) is 4.80 Å². The van der Waals surface area contributed by atoms with Gasteiger partial charge in [0, 0.05) is 20.1 Å². The van der Waals surface area contributed by atoms with Gasteiger partial charge in [0.05, 0.1) is 16.3 Å². The zero-order valence-corrected chi connectivity index (χ0v) is 23.8. The van der Waals surface area contributed by atoms with Gasteiger partial charge in [-0.15, -0.1) is 0 Å². The number of allylic oxidation sites excluding steroid dienone is 2. The second kappa shape index (κ2) is 10.5. The van der Waals surface area contributed by atoms with Crippen molar-refractivity contribution in [1.82, 2.24) is 4.57 Å². The normalized spacial score (nSPS) is 18.4. The van der Waals surface area contributed by atoms with E-state index in [4.69, 9.17) is 51.4 Å². The largest absolute Gasteiger partial charge is 0.272 e. The molecule has 0 amide bonds. The van der Waals surface area contributed by atoms with Gasteiger partial charge in [-0.25, -0.2) is 4.99 Å². The van der Waals surface area contributed by atoms with Crippen LogP contribution in [0.5, 0.6) is 0 Å². The molecule has 0 saturated carbocycles. The summed E-state index contributed by atoms with van der Waals surface area (Å²) in [5.41, 5.74) is 5.53. The number of benzene rings is 3. The Labute approximate surface area is 243 Å². The first-order valence-corrected chi connectivity index (χ1v) is 14.4. The molecule has 2 aliphatic rings. The molecule has 3 nitrogen and oxygen atoms in total. The van der Waals surface area contributed by atoms with Gasteiger partial charge >= 0.3 is 0 Å². The van der Waals surface area contributed by atoms with Crippen LogP contribution in [0.2, 0.25) is 20.1 Å². The van der Waals surface area contributed by atoms with E-state index in [2.05, 4.69) is 6.08 Å². The first-order valence-electron chi connectivity index (χ1n) is 12.1. The fourth-order valence-corrected chi connectivity index (χ4v) is 6.95. The van der Waals surface area contributed by atoms with Gasteiger partial charge in [0.25, 0.3) is 5.56 Å². The van der Waals surface area contributed by atoms with E-state index < -0.39 is 0 Å². The lowest BCUT2D eigenvalue weighted by molar-refractivity contribution is 0.553. The van der Waals surface area contributed by atoms with E-state index in [9.17, 15) is 4.79 Å². The van der Waals surface area contributed by atoms with Gasteiger partial charge in [0.2, 0.25) is 0 Å². The molecule has 8 heteroatoms. The highest BCUT2D eigenvalue weighted by Crippen LogP contribution is 2.42. The van der Waals surface area contributed by atoms with E-state index in [0.29, 0.717) is 29.4 Å². The number of hydrogen-bond acceptors (Lipinski definition) is 3. The zero-order chi connectivity index (χ0) is 26.4. The summed E-state index contributed by atoms with van der Waals surface area (Å²) in [6.45, 7) is 0. The third-order valence-electron chi connectivity index (χ3n) is 6.82. The van der Waals surface area contributed by atoms with Crippen LogP contribution in [0.25, 0.3) is 12.2 Å². The SMILES string of the molecule is O=c1/c(=C\c2ccc(Cl)cc2Cl)sc2n1[C@H](c1ccccc1Cl)C1=C(N=2)/C(=C/c2ccccc2Cl)CCC1. The van der Waals surface area contributed by atoms with Crippen LogP contribution in [0.15, 0.2) is 93.4 Å². The molecule has 0 fully saturated rings. The molecule has 6 rings (SSSR count).